The highest BCUT2D eigenvalue weighted by molar-refractivity contribution is 5.85. The Kier molecular flexibility index (Phi) is 7.02. The smallest absolute Gasteiger partial charge is 0.220 e. The van der Waals surface area contributed by atoms with Crippen LogP contribution < -0.4 is 11.1 Å². The van der Waals surface area contributed by atoms with E-state index in [-0.39, 0.29) is 24.4 Å². The number of hydrogen-bond acceptors (Lipinski definition) is 2. The summed E-state index contributed by atoms with van der Waals surface area (Å²) in [7, 11) is 0. The highest BCUT2D eigenvalue weighted by Gasteiger charge is 2.31. The minimum absolute atomic E-state index is 0. The quantitative estimate of drug-likeness (QED) is 0.757. The minimum atomic E-state index is 0. The summed E-state index contributed by atoms with van der Waals surface area (Å²) in [5.41, 5.74) is 5.71. The molecule has 2 rings (SSSR count). The van der Waals surface area contributed by atoms with Crippen molar-refractivity contribution in [2.24, 2.45) is 17.6 Å². The second kappa shape index (κ2) is 8.00. The Balaban J connectivity index is 0.00000162. The summed E-state index contributed by atoms with van der Waals surface area (Å²) in [6, 6.07) is 0.244. The standard InChI is InChI=1S/C14H26N2O.ClH/c15-10-13(12-7-8-12)16-14(17)9-11-5-3-1-2-4-6-11;/h11-13H,1-10,15H2,(H,16,17);1H. The monoisotopic (exact) mass is 274 g/mol. The van der Waals surface area contributed by atoms with E-state index in [0.29, 0.717) is 18.4 Å². The molecule has 0 aromatic heterocycles. The third-order valence-electron chi connectivity index (χ3n) is 4.24. The van der Waals surface area contributed by atoms with Crippen molar-refractivity contribution >= 4 is 18.3 Å². The van der Waals surface area contributed by atoms with E-state index in [2.05, 4.69) is 5.32 Å². The van der Waals surface area contributed by atoms with Gasteiger partial charge in [-0.3, -0.25) is 4.79 Å². The van der Waals surface area contributed by atoms with Gasteiger partial charge in [0.05, 0.1) is 0 Å². The maximum Gasteiger partial charge on any atom is 0.220 e. The second-order valence-corrected chi connectivity index (χ2v) is 5.81. The molecule has 1 atom stereocenters. The Morgan fingerprint density at radius 1 is 1.11 bits per heavy atom. The van der Waals surface area contributed by atoms with Crippen LogP contribution in [-0.4, -0.2) is 18.5 Å². The van der Waals surface area contributed by atoms with E-state index in [9.17, 15) is 4.79 Å². The van der Waals surface area contributed by atoms with Crippen molar-refractivity contribution in [3.8, 4) is 0 Å². The molecule has 4 heteroatoms. The summed E-state index contributed by atoms with van der Waals surface area (Å²) in [6.07, 6.45) is 11.0. The van der Waals surface area contributed by atoms with Gasteiger partial charge in [0.15, 0.2) is 0 Å². The SMILES string of the molecule is Cl.NCC(NC(=O)CC1CCCCCC1)C1CC1. The number of amides is 1. The van der Waals surface area contributed by atoms with Crippen molar-refractivity contribution in [3.63, 3.8) is 0 Å². The first-order valence-electron chi connectivity index (χ1n) is 7.29. The van der Waals surface area contributed by atoms with Gasteiger partial charge in [-0.15, -0.1) is 12.4 Å². The first-order valence-corrected chi connectivity index (χ1v) is 7.29. The topological polar surface area (TPSA) is 55.1 Å². The summed E-state index contributed by atoms with van der Waals surface area (Å²) < 4.78 is 0. The highest BCUT2D eigenvalue weighted by Crippen LogP contribution is 2.32. The molecule has 0 aromatic carbocycles. The molecular formula is C14H27ClN2O. The maximum atomic E-state index is 12.0. The van der Waals surface area contributed by atoms with Crippen molar-refractivity contribution in [3.05, 3.63) is 0 Å². The van der Waals surface area contributed by atoms with Crippen molar-refractivity contribution in [2.75, 3.05) is 6.54 Å². The average Bonchev–Trinajstić information content (AvgIpc) is 3.13. The van der Waals surface area contributed by atoms with Crippen LogP contribution in [0.15, 0.2) is 0 Å². The predicted octanol–water partition coefficient (Wildman–Crippen LogP) is 2.62. The van der Waals surface area contributed by atoms with E-state index in [0.717, 1.165) is 6.42 Å². The number of hydrogen-bond donors (Lipinski definition) is 2. The van der Waals surface area contributed by atoms with Crippen LogP contribution >= 0.6 is 12.4 Å². The molecule has 18 heavy (non-hydrogen) atoms. The molecule has 0 aromatic rings. The molecule has 2 saturated carbocycles. The Morgan fingerprint density at radius 2 is 1.72 bits per heavy atom. The van der Waals surface area contributed by atoms with Gasteiger partial charge in [-0.05, 0) is 37.5 Å². The van der Waals surface area contributed by atoms with Gasteiger partial charge in [-0.1, -0.05) is 25.7 Å². The van der Waals surface area contributed by atoms with Gasteiger partial charge in [0, 0.05) is 19.0 Å². The molecule has 0 spiro atoms. The lowest BCUT2D eigenvalue weighted by molar-refractivity contribution is -0.122. The lowest BCUT2D eigenvalue weighted by atomic mass is 9.96. The maximum absolute atomic E-state index is 12.0. The molecule has 0 aliphatic heterocycles. The zero-order chi connectivity index (χ0) is 12.1. The molecule has 2 aliphatic rings. The zero-order valence-electron chi connectivity index (χ0n) is 11.2. The molecule has 106 valence electrons. The van der Waals surface area contributed by atoms with E-state index < -0.39 is 0 Å². The summed E-state index contributed by atoms with van der Waals surface area (Å²) in [4.78, 5) is 12.0. The van der Waals surface area contributed by atoms with Gasteiger partial charge < -0.3 is 11.1 Å². The second-order valence-electron chi connectivity index (χ2n) is 5.81. The molecule has 1 unspecified atom stereocenters. The molecule has 0 radical (unpaired) electrons. The number of carbonyl (C=O) groups excluding carboxylic acids is 1. The number of carbonyl (C=O) groups is 1. The minimum Gasteiger partial charge on any atom is -0.352 e. The summed E-state index contributed by atoms with van der Waals surface area (Å²) in [6.45, 7) is 0.598. The number of halogens is 1. The molecular weight excluding hydrogens is 248 g/mol. The molecule has 0 bridgehead atoms. The Hall–Kier alpha value is -0.280. The molecule has 1 amide bonds. The third-order valence-corrected chi connectivity index (χ3v) is 4.24. The van der Waals surface area contributed by atoms with Gasteiger partial charge in [-0.25, -0.2) is 0 Å². The van der Waals surface area contributed by atoms with Crippen LogP contribution in [0.25, 0.3) is 0 Å². The summed E-state index contributed by atoms with van der Waals surface area (Å²) in [5.74, 6) is 1.52. The largest absolute Gasteiger partial charge is 0.352 e. The molecule has 3 nitrogen and oxygen atoms in total. The fourth-order valence-electron chi connectivity index (χ4n) is 2.96. The van der Waals surface area contributed by atoms with Crippen LogP contribution in [0.3, 0.4) is 0 Å². The van der Waals surface area contributed by atoms with E-state index in [1.807, 2.05) is 0 Å². The van der Waals surface area contributed by atoms with Crippen LogP contribution in [0.4, 0.5) is 0 Å². The van der Waals surface area contributed by atoms with Crippen LogP contribution in [-0.2, 0) is 4.79 Å². The third kappa shape index (κ3) is 5.15. The van der Waals surface area contributed by atoms with Crippen LogP contribution in [0, 0.1) is 11.8 Å². The number of nitrogens with one attached hydrogen (secondary N) is 1. The van der Waals surface area contributed by atoms with Gasteiger partial charge in [-0.2, -0.15) is 0 Å². The lowest BCUT2D eigenvalue weighted by Crippen LogP contribution is -2.42. The molecule has 0 saturated heterocycles. The Bertz CT molecular complexity index is 248. The Morgan fingerprint density at radius 3 is 2.22 bits per heavy atom. The van der Waals surface area contributed by atoms with Crippen molar-refractivity contribution in [2.45, 2.75) is 63.8 Å². The summed E-state index contributed by atoms with van der Waals surface area (Å²) >= 11 is 0. The van der Waals surface area contributed by atoms with Crippen LogP contribution in [0.1, 0.15) is 57.8 Å². The molecule has 0 heterocycles. The predicted molar refractivity (Wildman–Crippen MR) is 76.8 cm³/mol. The van der Waals surface area contributed by atoms with E-state index in [1.54, 1.807) is 0 Å². The fourth-order valence-corrected chi connectivity index (χ4v) is 2.96. The van der Waals surface area contributed by atoms with Crippen molar-refractivity contribution in [1.29, 1.82) is 0 Å². The highest BCUT2D eigenvalue weighted by atomic mass is 35.5. The van der Waals surface area contributed by atoms with Gasteiger partial charge in [0.2, 0.25) is 5.91 Å². The average molecular weight is 275 g/mol. The first-order chi connectivity index (χ1) is 8.29. The Labute approximate surface area is 117 Å². The van der Waals surface area contributed by atoms with Crippen LogP contribution in [0.2, 0.25) is 0 Å². The molecule has 2 aliphatic carbocycles. The first kappa shape index (κ1) is 15.8. The van der Waals surface area contributed by atoms with E-state index in [1.165, 1.54) is 51.4 Å². The number of nitrogens with two attached hydrogens (primary N) is 1. The summed E-state index contributed by atoms with van der Waals surface area (Å²) in [5, 5.41) is 3.13. The van der Waals surface area contributed by atoms with Crippen LogP contribution in [0.5, 0.6) is 0 Å². The van der Waals surface area contributed by atoms with Gasteiger partial charge >= 0.3 is 0 Å². The lowest BCUT2D eigenvalue weighted by Gasteiger charge is -2.19. The zero-order valence-corrected chi connectivity index (χ0v) is 12.0. The van der Waals surface area contributed by atoms with Gasteiger partial charge in [0.25, 0.3) is 0 Å². The van der Waals surface area contributed by atoms with Crippen molar-refractivity contribution in [1.82, 2.24) is 5.32 Å². The van der Waals surface area contributed by atoms with E-state index in [4.69, 9.17) is 5.73 Å². The van der Waals surface area contributed by atoms with E-state index >= 15 is 0 Å². The molecule has 3 N–H and O–H groups in total. The fraction of sp³-hybridized carbons (Fsp3) is 0.929. The molecule has 2 fully saturated rings. The van der Waals surface area contributed by atoms with Gasteiger partial charge in [0.1, 0.15) is 0 Å². The van der Waals surface area contributed by atoms with Crippen molar-refractivity contribution < 1.29 is 4.79 Å². The number of rotatable bonds is 5. The normalized spacial score (nSPS) is 22.7.